The van der Waals surface area contributed by atoms with Gasteiger partial charge >= 0.3 is 6.18 Å². The Morgan fingerprint density at radius 2 is 1.71 bits per heavy atom. The van der Waals surface area contributed by atoms with Crippen molar-refractivity contribution in [2.75, 3.05) is 19.8 Å². The first-order chi connectivity index (χ1) is 11.4. The van der Waals surface area contributed by atoms with Crippen LogP contribution in [0.25, 0.3) is 11.1 Å². The quantitative estimate of drug-likeness (QED) is 0.796. The van der Waals surface area contributed by atoms with Gasteiger partial charge in [0.15, 0.2) is 5.78 Å². The number of Topliss-reactive ketones (excluding diaryl/α,β-unsaturated/α-hetero) is 1. The normalized spacial score (nSPS) is 18.4. The Kier molecular flexibility index (Phi) is 4.69. The van der Waals surface area contributed by atoms with E-state index in [2.05, 4.69) is 0 Å². The molecule has 1 unspecified atom stereocenters. The predicted octanol–water partition coefficient (Wildman–Crippen LogP) is 3.97. The molecular formula is C18H15F3O3. The van der Waals surface area contributed by atoms with E-state index in [1.165, 1.54) is 6.07 Å². The average molecular weight is 336 g/mol. The summed E-state index contributed by atoms with van der Waals surface area (Å²) < 4.78 is 49.2. The summed E-state index contributed by atoms with van der Waals surface area (Å²) in [5.74, 6) is -0.233. The number of ketones is 1. The minimum Gasteiger partial charge on any atom is -0.376 e. The summed E-state index contributed by atoms with van der Waals surface area (Å²) in [7, 11) is 0. The highest BCUT2D eigenvalue weighted by atomic mass is 19.4. The summed E-state index contributed by atoms with van der Waals surface area (Å²) in [5.41, 5.74) is 0.616. The summed E-state index contributed by atoms with van der Waals surface area (Å²) in [6.45, 7) is 0.990. The van der Waals surface area contributed by atoms with Crippen LogP contribution in [0.1, 0.15) is 15.9 Å². The Bertz CT molecular complexity index is 734. The van der Waals surface area contributed by atoms with E-state index < -0.39 is 17.8 Å². The monoisotopic (exact) mass is 336 g/mol. The number of ether oxygens (including phenoxy) is 2. The van der Waals surface area contributed by atoms with Gasteiger partial charge in [0.2, 0.25) is 0 Å². The maximum atomic E-state index is 12.8. The van der Waals surface area contributed by atoms with Crippen LogP contribution in [0, 0.1) is 0 Å². The fourth-order valence-corrected chi connectivity index (χ4v) is 2.55. The van der Waals surface area contributed by atoms with Gasteiger partial charge in [-0.15, -0.1) is 0 Å². The fourth-order valence-electron chi connectivity index (χ4n) is 2.55. The molecule has 1 fully saturated rings. The molecule has 0 aromatic heterocycles. The van der Waals surface area contributed by atoms with Crippen LogP contribution in [-0.4, -0.2) is 31.7 Å². The highest BCUT2D eigenvalue weighted by Crippen LogP contribution is 2.32. The second-order valence-electron chi connectivity index (χ2n) is 5.46. The predicted molar refractivity (Wildman–Crippen MR) is 81.8 cm³/mol. The minimum atomic E-state index is -4.41. The zero-order valence-corrected chi connectivity index (χ0v) is 12.7. The van der Waals surface area contributed by atoms with Gasteiger partial charge in [-0.2, -0.15) is 13.2 Å². The van der Waals surface area contributed by atoms with Crippen molar-refractivity contribution < 1.29 is 27.4 Å². The minimum absolute atomic E-state index is 0.187. The van der Waals surface area contributed by atoms with E-state index >= 15 is 0 Å². The number of rotatable bonds is 3. The van der Waals surface area contributed by atoms with Crippen molar-refractivity contribution in [1.29, 1.82) is 0 Å². The molecule has 0 bridgehead atoms. The van der Waals surface area contributed by atoms with Crippen molar-refractivity contribution in [2.24, 2.45) is 0 Å². The van der Waals surface area contributed by atoms with Gasteiger partial charge in [-0.05, 0) is 29.3 Å². The van der Waals surface area contributed by atoms with Crippen LogP contribution in [0.4, 0.5) is 13.2 Å². The molecule has 3 nitrogen and oxygen atoms in total. The molecule has 0 aliphatic carbocycles. The largest absolute Gasteiger partial charge is 0.416 e. The third-order valence-electron chi connectivity index (χ3n) is 3.78. The molecule has 0 spiro atoms. The van der Waals surface area contributed by atoms with Gasteiger partial charge in [0.25, 0.3) is 0 Å². The number of alkyl halides is 3. The van der Waals surface area contributed by atoms with E-state index in [1.807, 2.05) is 0 Å². The van der Waals surface area contributed by atoms with Gasteiger partial charge in [0.1, 0.15) is 6.10 Å². The number of hydrogen-bond acceptors (Lipinski definition) is 3. The summed E-state index contributed by atoms with van der Waals surface area (Å²) in [5, 5.41) is 0. The van der Waals surface area contributed by atoms with Crippen LogP contribution in [0.5, 0.6) is 0 Å². The van der Waals surface area contributed by atoms with Crippen molar-refractivity contribution in [3.63, 3.8) is 0 Å². The lowest BCUT2D eigenvalue weighted by atomic mass is 9.98. The first kappa shape index (κ1) is 16.7. The molecule has 3 rings (SSSR count). The summed E-state index contributed by atoms with van der Waals surface area (Å²) in [6, 6.07) is 11.5. The molecule has 2 aromatic rings. The average Bonchev–Trinajstić information content (AvgIpc) is 2.61. The number of benzene rings is 2. The molecule has 1 aliphatic heterocycles. The number of halogens is 3. The molecule has 1 saturated heterocycles. The first-order valence-corrected chi connectivity index (χ1v) is 7.46. The highest BCUT2D eigenvalue weighted by Gasteiger charge is 2.30. The molecule has 2 aromatic carbocycles. The maximum Gasteiger partial charge on any atom is 0.416 e. The van der Waals surface area contributed by atoms with Gasteiger partial charge in [-0.1, -0.05) is 30.3 Å². The molecule has 1 aliphatic rings. The van der Waals surface area contributed by atoms with Crippen LogP contribution in [0.3, 0.4) is 0 Å². The van der Waals surface area contributed by atoms with E-state index in [4.69, 9.17) is 9.47 Å². The Hall–Kier alpha value is -2.18. The number of hydrogen-bond donors (Lipinski definition) is 0. The lowest BCUT2D eigenvalue weighted by Gasteiger charge is -2.22. The molecule has 0 radical (unpaired) electrons. The molecule has 0 amide bonds. The summed E-state index contributed by atoms with van der Waals surface area (Å²) >= 11 is 0. The molecular weight excluding hydrogens is 321 g/mol. The van der Waals surface area contributed by atoms with Gasteiger partial charge in [0, 0.05) is 5.56 Å². The fraction of sp³-hybridized carbons (Fsp3) is 0.278. The van der Waals surface area contributed by atoms with E-state index in [0.29, 0.717) is 29.9 Å². The van der Waals surface area contributed by atoms with Crippen molar-refractivity contribution in [3.05, 3.63) is 59.7 Å². The Morgan fingerprint density at radius 1 is 1.00 bits per heavy atom. The molecule has 1 heterocycles. The first-order valence-electron chi connectivity index (χ1n) is 7.46. The Labute approximate surface area is 137 Å². The SMILES string of the molecule is O=C(c1cccc(-c2cccc(C(F)(F)F)c2)c1)C1COCCO1. The van der Waals surface area contributed by atoms with Crippen molar-refractivity contribution in [2.45, 2.75) is 12.3 Å². The topological polar surface area (TPSA) is 35.5 Å². The standard InChI is InChI=1S/C18H15F3O3/c19-18(20,21)15-6-2-4-13(10-15)12-3-1-5-14(9-12)17(22)16-11-23-7-8-24-16/h1-6,9-10,16H,7-8,11H2. The third kappa shape index (κ3) is 3.66. The van der Waals surface area contributed by atoms with Gasteiger partial charge < -0.3 is 9.47 Å². The Morgan fingerprint density at radius 3 is 2.38 bits per heavy atom. The molecule has 24 heavy (non-hydrogen) atoms. The van der Waals surface area contributed by atoms with Gasteiger partial charge in [0.05, 0.1) is 25.4 Å². The maximum absolute atomic E-state index is 12.8. The molecule has 0 saturated carbocycles. The molecule has 0 N–H and O–H groups in total. The molecule has 126 valence electrons. The Balaban J connectivity index is 1.89. The van der Waals surface area contributed by atoms with E-state index in [1.54, 1.807) is 30.3 Å². The summed E-state index contributed by atoms with van der Waals surface area (Å²) in [4.78, 5) is 12.4. The van der Waals surface area contributed by atoms with Crippen LogP contribution in [-0.2, 0) is 15.7 Å². The van der Waals surface area contributed by atoms with E-state index in [9.17, 15) is 18.0 Å². The summed E-state index contributed by atoms with van der Waals surface area (Å²) in [6.07, 6.45) is -5.08. The molecule has 1 atom stereocenters. The highest BCUT2D eigenvalue weighted by molar-refractivity contribution is 6.00. The van der Waals surface area contributed by atoms with Crippen molar-refractivity contribution >= 4 is 5.78 Å². The van der Waals surface area contributed by atoms with Crippen molar-refractivity contribution in [3.8, 4) is 11.1 Å². The zero-order valence-electron chi connectivity index (χ0n) is 12.7. The zero-order chi connectivity index (χ0) is 17.2. The number of carbonyl (C=O) groups excluding carboxylic acids is 1. The van der Waals surface area contributed by atoms with Crippen LogP contribution in [0.2, 0.25) is 0 Å². The van der Waals surface area contributed by atoms with Gasteiger partial charge in [-0.3, -0.25) is 4.79 Å². The van der Waals surface area contributed by atoms with Gasteiger partial charge in [-0.25, -0.2) is 0 Å². The third-order valence-corrected chi connectivity index (χ3v) is 3.78. The van der Waals surface area contributed by atoms with E-state index in [0.717, 1.165) is 12.1 Å². The number of carbonyl (C=O) groups is 1. The van der Waals surface area contributed by atoms with Crippen LogP contribution in [0.15, 0.2) is 48.5 Å². The van der Waals surface area contributed by atoms with Crippen molar-refractivity contribution in [1.82, 2.24) is 0 Å². The smallest absolute Gasteiger partial charge is 0.376 e. The van der Waals surface area contributed by atoms with E-state index in [-0.39, 0.29) is 12.4 Å². The lowest BCUT2D eigenvalue weighted by Crippen LogP contribution is -2.35. The lowest BCUT2D eigenvalue weighted by molar-refractivity contribution is -0.137. The second kappa shape index (κ2) is 6.75. The van der Waals surface area contributed by atoms with Crippen LogP contribution >= 0.6 is 0 Å². The van der Waals surface area contributed by atoms with Crippen LogP contribution < -0.4 is 0 Å². The molecule has 6 heteroatoms. The second-order valence-corrected chi connectivity index (χ2v) is 5.46.